The van der Waals surface area contributed by atoms with Crippen molar-refractivity contribution in [3.63, 3.8) is 0 Å². The zero-order chi connectivity index (χ0) is 24.9. The molecule has 9 heteroatoms. The Morgan fingerprint density at radius 3 is 2.32 bits per heavy atom. The molecule has 0 saturated heterocycles. The molecule has 0 aliphatic rings. The number of carbonyl (C=O) groups is 2. The minimum absolute atomic E-state index is 0.00207. The van der Waals surface area contributed by atoms with E-state index in [2.05, 4.69) is 5.32 Å². The van der Waals surface area contributed by atoms with Gasteiger partial charge in [0.1, 0.15) is 5.82 Å². The van der Waals surface area contributed by atoms with Crippen molar-refractivity contribution in [1.82, 2.24) is 5.32 Å². The fourth-order valence-electron chi connectivity index (χ4n) is 3.17. The van der Waals surface area contributed by atoms with Crippen molar-refractivity contribution in [2.75, 3.05) is 18.0 Å². The summed E-state index contributed by atoms with van der Waals surface area (Å²) in [6.45, 7) is 3.06. The minimum atomic E-state index is -3.92. The summed E-state index contributed by atoms with van der Waals surface area (Å²) in [5.41, 5.74) is 2.16. The second kappa shape index (κ2) is 10.5. The number of anilines is 1. The van der Waals surface area contributed by atoms with Gasteiger partial charge >= 0.3 is 5.97 Å². The minimum Gasteiger partial charge on any atom is -0.452 e. The average molecular weight is 485 g/mol. The Morgan fingerprint density at radius 1 is 1.03 bits per heavy atom. The van der Waals surface area contributed by atoms with Gasteiger partial charge in [0.2, 0.25) is 0 Å². The van der Waals surface area contributed by atoms with Crippen LogP contribution in [0.1, 0.15) is 34.5 Å². The number of benzene rings is 3. The largest absolute Gasteiger partial charge is 0.452 e. The number of aryl methyl sites for hydroxylation is 1. The third kappa shape index (κ3) is 5.99. The van der Waals surface area contributed by atoms with E-state index >= 15 is 0 Å². The monoisotopic (exact) mass is 484 g/mol. The van der Waals surface area contributed by atoms with Gasteiger partial charge in [-0.15, -0.1) is 0 Å². The third-order valence-corrected chi connectivity index (χ3v) is 6.99. The number of hydrogen-bond acceptors (Lipinski definition) is 5. The second-order valence-corrected chi connectivity index (χ2v) is 9.72. The molecule has 7 nitrogen and oxygen atoms in total. The lowest BCUT2D eigenvalue weighted by atomic mass is 10.1. The van der Waals surface area contributed by atoms with Crippen molar-refractivity contribution in [2.24, 2.45) is 0 Å². The Balaban J connectivity index is 1.64. The molecule has 34 heavy (non-hydrogen) atoms. The molecule has 0 fully saturated rings. The van der Waals surface area contributed by atoms with Gasteiger partial charge in [0.25, 0.3) is 15.9 Å². The van der Waals surface area contributed by atoms with Crippen LogP contribution in [-0.2, 0) is 19.6 Å². The number of amides is 1. The zero-order valence-electron chi connectivity index (χ0n) is 19.0. The van der Waals surface area contributed by atoms with E-state index < -0.39 is 34.5 Å². The van der Waals surface area contributed by atoms with E-state index in [-0.39, 0.29) is 16.3 Å². The molecule has 3 rings (SSSR count). The molecule has 3 aromatic rings. The van der Waals surface area contributed by atoms with Crippen molar-refractivity contribution in [3.05, 3.63) is 95.3 Å². The van der Waals surface area contributed by atoms with E-state index in [1.807, 2.05) is 6.92 Å². The molecule has 0 radical (unpaired) electrons. The molecule has 1 amide bonds. The van der Waals surface area contributed by atoms with E-state index in [9.17, 15) is 22.4 Å². The van der Waals surface area contributed by atoms with Gasteiger partial charge in [-0.3, -0.25) is 9.10 Å². The standard InChI is InChI=1S/C25H25FN2O5S/c1-17-7-13-22(14-8-17)28(3)34(31,32)23-6-4-5-20(15-23)25(30)33-16-24(29)27-18(2)19-9-11-21(26)12-10-19/h4-15,18H,16H2,1-3H3,(H,27,29). The number of carbonyl (C=O) groups excluding carboxylic acids is 2. The van der Waals surface area contributed by atoms with Gasteiger partial charge in [0.15, 0.2) is 6.61 Å². The molecule has 0 aliphatic carbocycles. The van der Waals surface area contributed by atoms with E-state index in [1.165, 1.54) is 43.4 Å². The number of hydrogen-bond donors (Lipinski definition) is 1. The summed E-state index contributed by atoms with van der Waals surface area (Å²) in [6.07, 6.45) is 0. The summed E-state index contributed by atoms with van der Waals surface area (Å²) in [7, 11) is -2.49. The maximum atomic E-state index is 13.0. The smallest absolute Gasteiger partial charge is 0.338 e. The first-order valence-corrected chi connectivity index (χ1v) is 11.9. The maximum Gasteiger partial charge on any atom is 0.338 e. The van der Waals surface area contributed by atoms with E-state index in [1.54, 1.807) is 43.3 Å². The Kier molecular flexibility index (Phi) is 7.68. The van der Waals surface area contributed by atoms with Crippen molar-refractivity contribution >= 4 is 27.6 Å². The van der Waals surface area contributed by atoms with Crippen LogP contribution in [0.15, 0.2) is 77.7 Å². The first-order valence-electron chi connectivity index (χ1n) is 10.5. The number of halogens is 1. The van der Waals surface area contributed by atoms with Gasteiger partial charge in [-0.2, -0.15) is 0 Å². The molecule has 1 atom stereocenters. The Bertz CT molecular complexity index is 1280. The van der Waals surface area contributed by atoms with Gasteiger partial charge in [-0.05, 0) is 61.9 Å². The molecule has 0 saturated carbocycles. The number of esters is 1. The molecular formula is C25H25FN2O5S. The van der Waals surface area contributed by atoms with Crippen molar-refractivity contribution < 1.29 is 27.1 Å². The van der Waals surface area contributed by atoms with E-state index in [4.69, 9.17) is 4.74 Å². The number of nitrogens with zero attached hydrogens (tertiary/aromatic N) is 1. The maximum absolute atomic E-state index is 13.0. The normalized spacial score (nSPS) is 12.0. The van der Waals surface area contributed by atoms with E-state index in [0.717, 1.165) is 9.87 Å². The lowest BCUT2D eigenvalue weighted by Gasteiger charge is -2.20. The highest BCUT2D eigenvalue weighted by Crippen LogP contribution is 2.23. The summed E-state index contributed by atoms with van der Waals surface area (Å²) >= 11 is 0. The van der Waals surface area contributed by atoms with Gasteiger partial charge in [-0.1, -0.05) is 35.9 Å². The molecule has 0 heterocycles. The van der Waals surface area contributed by atoms with Crippen LogP contribution in [-0.4, -0.2) is 33.9 Å². The second-order valence-electron chi connectivity index (χ2n) is 7.75. The summed E-state index contributed by atoms with van der Waals surface area (Å²) in [6, 6.07) is 17.7. The fourth-order valence-corrected chi connectivity index (χ4v) is 4.41. The molecular weight excluding hydrogens is 459 g/mol. The predicted octanol–water partition coefficient (Wildman–Crippen LogP) is 3.99. The van der Waals surface area contributed by atoms with Crippen LogP contribution in [0.3, 0.4) is 0 Å². The summed E-state index contributed by atoms with van der Waals surface area (Å²) in [5, 5.41) is 2.65. The predicted molar refractivity (Wildman–Crippen MR) is 126 cm³/mol. The van der Waals surface area contributed by atoms with Crippen LogP contribution >= 0.6 is 0 Å². The molecule has 0 aromatic heterocycles. The molecule has 1 unspecified atom stereocenters. The van der Waals surface area contributed by atoms with Gasteiger partial charge < -0.3 is 10.1 Å². The summed E-state index contributed by atoms with van der Waals surface area (Å²) < 4.78 is 45.3. The quantitative estimate of drug-likeness (QED) is 0.488. The average Bonchev–Trinajstić information content (AvgIpc) is 2.83. The van der Waals surface area contributed by atoms with Crippen LogP contribution < -0.4 is 9.62 Å². The molecule has 1 N–H and O–H groups in total. The van der Waals surface area contributed by atoms with E-state index in [0.29, 0.717) is 11.3 Å². The van der Waals surface area contributed by atoms with Gasteiger partial charge in [-0.25, -0.2) is 17.6 Å². The topological polar surface area (TPSA) is 92.8 Å². The van der Waals surface area contributed by atoms with Crippen molar-refractivity contribution in [2.45, 2.75) is 24.8 Å². The number of ether oxygens (including phenoxy) is 1. The van der Waals surface area contributed by atoms with Crippen molar-refractivity contribution in [3.8, 4) is 0 Å². The highest BCUT2D eigenvalue weighted by atomic mass is 32.2. The lowest BCUT2D eigenvalue weighted by Crippen LogP contribution is -2.31. The van der Waals surface area contributed by atoms with Crippen LogP contribution in [0.4, 0.5) is 10.1 Å². The number of nitrogens with one attached hydrogen (secondary N) is 1. The summed E-state index contributed by atoms with van der Waals surface area (Å²) in [5.74, 6) is -1.77. The van der Waals surface area contributed by atoms with Crippen molar-refractivity contribution in [1.29, 1.82) is 0 Å². The first kappa shape index (κ1) is 24.9. The van der Waals surface area contributed by atoms with Crippen LogP contribution in [0.2, 0.25) is 0 Å². The van der Waals surface area contributed by atoms with Gasteiger partial charge in [0.05, 0.1) is 22.2 Å². The Hall–Kier alpha value is -3.72. The molecule has 3 aromatic carbocycles. The van der Waals surface area contributed by atoms with Crippen LogP contribution in [0.5, 0.6) is 0 Å². The SMILES string of the molecule is Cc1ccc(N(C)S(=O)(=O)c2cccc(C(=O)OCC(=O)NC(C)c3ccc(F)cc3)c2)cc1. The molecule has 0 bridgehead atoms. The molecule has 178 valence electrons. The highest BCUT2D eigenvalue weighted by molar-refractivity contribution is 7.92. The molecule has 0 spiro atoms. The third-order valence-electron chi connectivity index (χ3n) is 5.21. The highest BCUT2D eigenvalue weighted by Gasteiger charge is 2.23. The Labute approximate surface area is 198 Å². The number of sulfonamides is 1. The van der Waals surface area contributed by atoms with Crippen LogP contribution in [0, 0.1) is 12.7 Å². The zero-order valence-corrected chi connectivity index (χ0v) is 19.8. The summed E-state index contributed by atoms with van der Waals surface area (Å²) in [4.78, 5) is 24.5. The fraction of sp³-hybridized carbons (Fsp3) is 0.200. The molecule has 0 aliphatic heterocycles. The van der Waals surface area contributed by atoms with Crippen LogP contribution in [0.25, 0.3) is 0 Å². The van der Waals surface area contributed by atoms with Gasteiger partial charge in [0, 0.05) is 7.05 Å². The first-order chi connectivity index (χ1) is 16.1. The Morgan fingerprint density at radius 2 is 1.68 bits per heavy atom. The lowest BCUT2D eigenvalue weighted by molar-refractivity contribution is -0.124. The number of rotatable bonds is 8.